The van der Waals surface area contributed by atoms with E-state index >= 15 is 0 Å². The lowest BCUT2D eigenvalue weighted by Gasteiger charge is -2.13. The van der Waals surface area contributed by atoms with E-state index in [1.807, 2.05) is 37.3 Å². The van der Waals surface area contributed by atoms with Crippen LogP contribution in [0.1, 0.15) is 34.0 Å². The number of carbonyl (C=O) groups excluding carboxylic acids is 1. The van der Waals surface area contributed by atoms with E-state index in [1.165, 1.54) is 31.5 Å². The van der Waals surface area contributed by atoms with Crippen molar-refractivity contribution in [2.45, 2.75) is 25.3 Å². The van der Waals surface area contributed by atoms with Crippen LogP contribution in [0.4, 0.5) is 0 Å². The van der Waals surface area contributed by atoms with Crippen LogP contribution in [-0.2, 0) is 16.7 Å². The summed E-state index contributed by atoms with van der Waals surface area (Å²) in [5.41, 5.74) is 5.28. The number of nitrogens with one attached hydrogen (secondary N) is 1. The number of carbonyl (C=O) groups is 1. The van der Waals surface area contributed by atoms with E-state index in [0.29, 0.717) is 29.2 Å². The number of methoxy groups -OCH3 is 1. The van der Waals surface area contributed by atoms with Gasteiger partial charge in [0.05, 0.1) is 19.9 Å². The number of ether oxygens (including phenoxy) is 3. The molecule has 9 nitrogen and oxygen atoms in total. The standard InChI is InChI=1S/C31H30N2O7S/c1-4-38-30-18-24(12-16-28(30)40-41(35,36)26-14-10-22(2)11-15-26)20-32-33-31(34)25-13-17-27(29(19-25)37-3)39-21-23-8-6-5-7-9-23/h5-20H,4,21H2,1-3H3,(H,33,34)/b32-20+. The van der Waals surface area contributed by atoms with Gasteiger partial charge in [0.2, 0.25) is 0 Å². The first-order valence-electron chi connectivity index (χ1n) is 12.7. The number of hydrogen-bond acceptors (Lipinski definition) is 8. The van der Waals surface area contributed by atoms with E-state index in [9.17, 15) is 13.2 Å². The van der Waals surface area contributed by atoms with Gasteiger partial charge >= 0.3 is 10.1 Å². The molecule has 0 unspecified atom stereocenters. The zero-order valence-corrected chi connectivity index (χ0v) is 23.7. The molecule has 212 valence electrons. The minimum atomic E-state index is -4.06. The monoisotopic (exact) mass is 574 g/mol. The van der Waals surface area contributed by atoms with Gasteiger partial charge in [-0.15, -0.1) is 0 Å². The first kappa shape index (κ1) is 29.2. The van der Waals surface area contributed by atoms with Crippen LogP contribution in [0.25, 0.3) is 0 Å². The average molecular weight is 575 g/mol. The Morgan fingerprint density at radius 3 is 2.29 bits per heavy atom. The van der Waals surface area contributed by atoms with Gasteiger partial charge in [0, 0.05) is 5.56 Å². The van der Waals surface area contributed by atoms with Gasteiger partial charge in [-0.1, -0.05) is 48.0 Å². The molecule has 0 atom stereocenters. The first-order chi connectivity index (χ1) is 19.8. The van der Waals surface area contributed by atoms with E-state index in [1.54, 1.807) is 49.4 Å². The summed E-state index contributed by atoms with van der Waals surface area (Å²) in [5.74, 6) is 0.717. The second kappa shape index (κ2) is 13.5. The topological polar surface area (TPSA) is 113 Å². The van der Waals surface area contributed by atoms with Crippen molar-refractivity contribution in [3.63, 3.8) is 0 Å². The molecule has 0 spiro atoms. The molecule has 0 saturated heterocycles. The largest absolute Gasteiger partial charge is 0.493 e. The maximum Gasteiger partial charge on any atom is 0.339 e. The van der Waals surface area contributed by atoms with Crippen molar-refractivity contribution < 1.29 is 31.6 Å². The maximum absolute atomic E-state index is 12.7. The van der Waals surface area contributed by atoms with Gasteiger partial charge in [-0.2, -0.15) is 13.5 Å². The zero-order valence-electron chi connectivity index (χ0n) is 22.9. The number of hydrogen-bond donors (Lipinski definition) is 1. The number of benzene rings is 4. The highest BCUT2D eigenvalue weighted by Gasteiger charge is 2.19. The molecule has 0 bridgehead atoms. The lowest BCUT2D eigenvalue weighted by Crippen LogP contribution is -2.17. The highest BCUT2D eigenvalue weighted by Crippen LogP contribution is 2.31. The number of nitrogens with zero attached hydrogens (tertiary/aromatic N) is 1. The van der Waals surface area contributed by atoms with Crippen molar-refractivity contribution in [1.82, 2.24) is 5.43 Å². The Labute approximate surface area is 239 Å². The predicted molar refractivity (Wildman–Crippen MR) is 155 cm³/mol. The third-order valence-corrected chi connectivity index (χ3v) is 7.07. The maximum atomic E-state index is 12.7. The Morgan fingerprint density at radius 2 is 1.59 bits per heavy atom. The van der Waals surface area contributed by atoms with Crippen LogP contribution in [0.15, 0.2) is 101 Å². The number of aryl methyl sites for hydroxylation is 1. The molecule has 0 aliphatic carbocycles. The highest BCUT2D eigenvalue weighted by molar-refractivity contribution is 7.87. The van der Waals surface area contributed by atoms with Gasteiger partial charge in [0.1, 0.15) is 11.5 Å². The Morgan fingerprint density at radius 1 is 0.854 bits per heavy atom. The number of amides is 1. The summed E-state index contributed by atoms with van der Waals surface area (Å²) in [6.07, 6.45) is 1.41. The van der Waals surface area contributed by atoms with Gasteiger partial charge in [0.25, 0.3) is 5.91 Å². The molecule has 1 N–H and O–H groups in total. The van der Waals surface area contributed by atoms with Gasteiger partial charge in [-0.3, -0.25) is 4.79 Å². The molecule has 0 fully saturated rings. The lowest BCUT2D eigenvalue weighted by molar-refractivity contribution is 0.0954. The Hall–Kier alpha value is -4.83. The fourth-order valence-corrected chi connectivity index (χ4v) is 4.65. The third-order valence-electron chi connectivity index (χ3n) is 5.82. The number of hydrazone groups is 1. The highest BCUT2D eigenvalue weighted by atomic mass is 32.2. The van der Waals surface area contributed by atoms with Crippen LogP contribution in [0.3, 0.4) is 0 Å². The summed E-state index contributed by atoms with van der Waals surface area (Å²) in [7, 11) is -2.56. The molecule has 0 heterocycles. The van der Waals surface area contributed by atoms with Crippen molar-refractivity contribution >= 4 is 22.2 Å². The SMILES string of the molecule is CCOc1cc(/C=N/NC(=O)c2ccc(OCc3ccccc3)c(OC)c2)ccc1OS(=O)(=O)c1ccc(C)cc1. The summed E-state index contributed by atoms with van der Waals surface area (Å²) in [6.45, 7) is 4.28. The van der Waals surface area contributed by atoms with Crippen LogP contribution in [0.5, 0.6) is 23.0 Å². The van der Waals surface area contributed by atoms with E-state index in [4.69, 9.17) is 18.4 Å². The Balaban J connectivity index is 1.42. The van der Waals surface area contributed by atoms with Gasteiger partial charge in [0.15, 0.2) is 23.0 Å². The summed E-state index contributed by atoms with van der Waals surface area (Å²) in [5, 5.41) is 4.02. The minimum absolute atomic E-state index is 0.0336. The predicted octanol–water partition coefficient (Wildman–Crippen LogP) is 5.51. The molecule has 0 aromatic heterocycles. The molecular formula is C31H30N2O7S. The zero-order chi connectivity index (χ0) is 29.2. The van der Waals surface area contributed by atoms with E-state index in [-0.39, 0.29) is 23.0 Å². The molecule has 4 aromatic carbocycles. The van der Waals surface area contributed by atoms with Gasteiger partial charge in [-0.05, 0) is 73.5 Å². The van der Waals surface area contributed by atoms with Crippen LogP contribution >= 0.6 is 0 Å². The summed E-state index contributed by atoms with van der Waals surface area (Å²) >= 11 is 0. The van der Waals surface area contributed by atoms with Gasteiger partial charge < -0.3 is 18.4 Å². The van der Waals surface area contributed by atoms with Crippen LogP contribution in [-0.4, -0.2) is 34.3 Å². The molecule has 10 heteroatoms. The summed E-state index contributed by atoms with van der Waals surface area (Å²) < 4.78 is 47.7. The minimum Gasteiger partial charge on any atom is -0.493 e. The lowest BCUT2D eigenvalue weighted by atomic mass is 10.2. The van der Waals surface area contributed by atoms with Crippen LogP contribution < -0.4 is 23.8 Å². The molecule has 41 heavy (non-hydrogen) atoms. The van der Waals surface area contributed by atoms with E-state index in [0.717, 1.165) is 11.1 Å². The third kappa shape index (κ3) is 7.86. The van der Waals surface area contributed by atoms with E-state index in [2.05, 4.69) is 10.5 Å². The molecule has 0 aliphatic heterocycles. The van der Waals surface area contributed by atoms with Crippen molar-refractivity contribution in [3.05, 3.63) is 113 Å². The van der Waals surface area contributed by atoms with Crippen molar-refractivity contribution in [2.75, 3.05) is 13.7 Å². The summed E-state index contributed by atoms with van der Waals surface area (Å²) in [4.78, 5) is 12.7. The molecule has 0 radical (unpaired) electrons. The average Bonchev–Trinajstić information content (AvgIpc) is 2.98. The molecular weight excluding hydrogens is 544 g/mol. The van der Waals surface area contributed by atoms with Crippen LogP contribution in [0.2, 0.25) is 0 Å². The van der Waals surface area contributed by atoms with Crippen molar-refractivity contribution in [3.8, 4) is 23.0 Å². The van der Waals surface area contributed by atoms with Crippen LogP contribution in [0, 0.1) is 6.92 Å². The fraction of sp³-hybridized carbons (Fsp3) is 0.161. The quantitative estimate of drug-likeness (QED) is 0.135. The van der Waals surface area contributed by atoms with E-state index < -0.39 is 16.0 Å². The number of rotatable bonds is 12. The molecule has 1 amide bonds. The molecule has 4 aromatic rings. The fourth-order valence-electron chi connectivity index (χ4n) is 3.71. The normalized spacial score (nSPS) is 11.2. The molecule has 0 saturated carbocycles. The Bertz CT molecular complexity index is 1620. The second-order valence-corrected chi connectivity index (χ2v) is 10.4. The second-order valence-electron chi connectivity index (χ2n) is 8.83. The molecule has 4 rings (SSSR count). The first-order valence-corrected chi connectivity index (χ1v) is 14.2. The molecule has 0 aliphatic rings. The smallest absolute Gasteiger partial charge is 0.339 e. The Kier molecular flexibility index (Phi) is 9.60. The summed E-state index contributed by atoms with van der Waals surface area (Å²) in [6, 6.07) is 25.5. The van der Waals surface area contributed by atoms with Gasteiger partial charge in [-0.25, -0.2) is 5.43 Å². The van der Waals surface area contributed by atoms with Crippen molar-refractivity contribution in [2.24, 2.45) is 5.10 Å². The van der Waals surface area contributed by atoms with Crippen molar-refractivity contribution in [1.29, 1.82) is 0 Å².